The highest BCUT2D eigenvalue weighted by Gasteiger charge is 2.36. The van der Waals surface area contributed by atoms with Crippen molar-refractivity contribution < 1.29 is 0 Å². The molecule has 0 heterocycles. The molecule has 1 aliphatic rings. The minimum Gasteiger partial charge on any atom is -0.0884 e. The van der Waals surface area contributed by atoms with Crippen LogP contribution in [0.3, 0.4) is 0 Å². The van der Waals surface area contributed by atoms with E-state index in [2.05, 4.69) is 47.1 Å². The summed E-state index contributed by atoms with van der Waals surface area (Å²) in [5.41, 5.74) is 2.95. The van der Waals surface area contributed by atoms with Gasteiger partial charge >= 0.3 is 0 Å². The van der Waals surface area contributed by atoms with Crippen molar-refractivity contribution >= 4 is 15.9 Å². The lowest BCUT2D eigenvalue weighted by atomic mass is 10.1. The van der Waals surface area contributed by atoms with Gasteiger partial charge in [0.1, 0.15) is 0 Å². The first kappa shape index (κ1) is 7.35. The summed E-state index contributed by atoms with van der Waals surface area (Å²) in [4.78, 5) is 0.739. The van der Waals surface area contributed by atoms with Crippen molar-refractivity contribution in [1.29, 1.82) is 0 Å². The van der Waals surface area contributed by atoms with Crippen LogP contribution in [0.2, 0.25) is 0 Å². The Kier molecular flexibility index (Phi) is 1.76. The highest BCUT2D eigenvalue weighted by Crippen LogP contribution is 2.47. The molecule has 1 aliphatic carbocycles. The minimum atomic E-state index is 0.739. The highest BCUT2D eigenvalue weighted by molar-refractivity contribution is 9.09. The summed E-state index contributed by atoms with van der Waals surface area (Å²) in [6.07, 6.45) is 1.31. The summed E-state index contributed by atoms with van der Waals surface area (Å²) in [5, 5.41) is 0. The lowest BCUT2D eigenvalue weighted by molar-refractivity contribution is 1.11. The van der Waals surface area contributed by atoms with Crippen LogP contribution in [-0.4, -0.2) is 4.83 Å². The Labute approximate surface area is 75.8 Å². The number of benzene rings is 1. The van der Waals surface area contributed by atoms with Crippen molar-refractivity contribution in [2.24, 2.45) is 0 Å². The third kappa shape index (κ3) is 1.34. The molecule has 0 saturated heterocycles. The van der Waals surface area contributed by atoms with Crippen LogP contribution < -0.4 is 0 Å². The number of hydrogen-bond acceptors (Lipinski definition) is 0. The van der Waals surface area contributed by atoms with Crippen molar-refractivity contribution in [1.82, 2.24) is 0 Å². The summed E-state index contributed by atoms with van der Waals surface area (Å²) < 4.78 is 0. The monoisotopic (exact) mass is 210 g/mol. The predicted octanol–water partition coefficient (Wildman–Crippen LogP) is 3.25. The molecule has 2 atom stereocenters. The van der Waals surface area contributed by atoms with E-state index in [0.717, 1.165) is 10.7 Å². The maximum absolute atomic E-state index is 3.62. The molecule has 1 saturated carbocycles. The molecule has 0 spiro atoms. The molecule has 58 valence electrons. The second kappa shape index (κ2) is 2.63. The molecule has 0 radical (unpaired) electrons. The fraction of sp³-hybridized carbons (Fsp3) is 0.400. The zero-order valence-corrected chi connectivity index (χ0v) is 8.14. The highest BCUT2D eigenvalue weighted by atomic mass is 79.9. The normalized spacial score (nSPS) is 28.5. The third-order valence-electron chi connectivity index (χ3n) is 2.30. The van der Waals surface area contributed by atoms with Gasteiger partial charge in [0.25, 0.3) is 0 Å². The first-order chi connectivity index (χ1) is 5.29. The largest absolute Gasteiger partial charge is 0.0884 e. The molecule has 2 rings (SSSR count). The maximum Gasteiger partial charge on any atom is 0.0221 e. The second-order valence-electron chi connectivity index (χ2n) is 3.21. The van der Waals surface area contributed by atoms with Crippen molar-refractivity contribution in [3.05, 3.63) is 35.4 Å². The van der Waals surface area contributed by atoms with E-state index in [4.69, 9.17) is 0 Å². The predicted molar refractivity (Wildman–Crippen MR) is 51.3 cm³/mol. The van der Waals surface area contributed by atoms with Gasteiger partial charge < -0.3 is 0 Å². The smallest absolute Gasteiger partial charge is 0.0221 e. The van der Waals surface area contributed by atoms with Crippen molar-refractivity contribution in [2.45, 2.75) is 24.1 Å². The molecule has 0 aromatic heterocycles. The average Bonchev–Trinajstić information content (AvgIpc) is 2.68. The molecule has 0 nitrogen and oxygen atoms in total. The van der Waals surface area contributed by atoms with E-state index >= 15 is 0 Å². The quantitative estimate of drug-likeness (QED) is 0.625. The van der Waals surface area contributed by atoms with E-state index in [1.54, 1.807) is 0 Å². The molecule has 0 amide bonds. The van der Waals surface area contributed by atoms with Gasteiger partial charge in [-0.2, -0.15) is 0 Å². The lowest BCUT2D eigenvalue weighted by Gasteiger charge is -2.01. The summed E-state index contributed by atoms with van der Waals surface area (Å²) in [5.74, 6) is 0.788. The topological polar surface area (TPSA) is 0 Å². The Balaban J connectivity index is 2.31. The van der Waals surface area contributed by atoms with Crippen molar-refractivity contribution in [3.63, 3.8) is 0 Å². The Morgan fingerprint density at radius 1 is 1.36 bits per heavy atom. The van der Waals surface area contributed by atoms with Crippen molar-refractivity contribution in [2.75, 3.05) is 0 Å². The van der Waals surface area contributed by atoms with Gasteiger partial charge in [-0.3, -0.25) is 0 Å². The second-order valence-corrected chi connectivity index (χ2v) is 4.39. The minimum absolute atomic E-state index is 0.739. The van der Waals surface area contributed by atoms with Crippen LogP contribution in [0.15, 0.2) is 24.3 Å². The molecular formula is C10H11Br. The zero-order valence-electron chi connectivity index (χ0n) is 6.55. The van der Waals surface area contributed by atoms with Gasteiger partial charge in [0.2, 0.25) is 0 Å². The fourth-order valence-electron chi connectivity index (χ4n) is 1.49. The number of alkyl halides is 1. The van der Waals surface area contributed by atoms with Gasteiger partial charge in [-0.05, 0) is 30.4 Å². The Morgan fingerprint density at radius 3 is 2.55 bits per heavy atom. The van der Waals surface area contributed by atoms with Gasteiger partial charge in [0, 0.05) is 4.83 Å². The number of halogens is 1. The van der Waals surface area contributed by atoms with Crippen LogP contribution in [0.4, 0.5) is 0 Å². The summed E-state index contributed by atoms with van der Waals surface area (Å²) >= 11 is 3.62. The number of rotatable bonds is 1. The summed E-state index contributed by atoms with van der Waals surface area (Å²) in [6.45, 7) is 2.19. The zero-order chi connectivity index (χ0) is 7.84. The van der Waals surface area contributed by atoms with Crippen LogP contribution in [0.1, 0.15) is 23.5 Å². The molecule has 1 aromatic carbocycles. The van der Waals surface area contributed by atoms with Crippen LogP contribution in [-0.2, 0) is 0 Å². The van der Waals surface area contributed by atoms with E-state index in [1.807, 2.05) is 0 Å². The summed E-state index contributed by atoms with van der Waals surface area (Å²) in [7, 11) is 0. The van der Waals surface area contributed by atoms with Crippen LogP contribution in [0, 0.1) is 6.92 Å². The molecule has 1 heteroatoms. The number of aryl methyl sites for hydroxylation is 1. The average molecular weight is 211 g/mol. The lowest BCUT2D eigenvalue weighted by Crippen LogP contribution is -1.85. The van der Waals surface area contributed by atoms with E-state index < -0.39 is 0 Å². The third-order valence-corrected chi connectivity index (χ3v) is 3.31. The molecule has 0 bridgehead atoms. The molecule has 1 fully saturated rings. The first-order valence-electron chi connectivity index (χ1n) is 3.98. The summed E-state index contributed by atoms with van der Waals surface area (Å²) in [6, 6.07) is 8.65. The maximum atomic E-state index is 3.62. The SMILES string of the molecule is Cc1ccccc1C1CC1Br. The Bertz CT molecular complexity index is 267. The molecule has 1 aromatic rings. The molecule has 2 unspecified atom stereocenters. The Hall–Kier alpha value is -0.300. The van der Waals surface area contributed by atoms with Crippen LogP contribution >= 0.6 is 15.9 Å². The van der Waals surface area contributed by atoms with E-state index in [1.165, 1.54) is 17.5 Å². The Morgan fingerprint density at radius 2 is 2.00 bits per heavy atom. The first-order valence-corrected chi connectivity index (χ1v) is 4.90. The molecule has 11 heavy (non-hydrogen) atoms. The van der Waals surface area contributed by atoms with Gasteiger partial charge in [-0.25, -0.2) is 0 Å². The van der Waals surface area contributed by atoms with Gasteiger partial charge in [0.05, 0.1) is 0 Å². The van der Waals surface area contributed by atoms with E-state index in [0.29, 0.717) is 0 Å². The van der Waals surface area contributed by atoms with E-state index in [-0.39, 0.29) is 0 Å². The molecule has 0 aliphatic heterocycles. The van der Waals surface area contributed by atoms with Gasteiger partial charge in [0.15, 0.2) is 0 Å². The number of hydrogen-bond donors (Lipinski definition) is 0. The van der Waals surface area contributed by atoms with Crippen LogP contribution in [0.25, 0.3) is 0 Å². The van der Waals surface area contributed by atoms with Crippen molar-refractivity contribution in [3.8, 4) is 0 Å². The molecular weight excluding hydrogens is 200 g/mol. The van der Waals surface area contributed by atoms with Crippen LogP contribution in [0.5, 0.6) is 0 Å². The van der Waals surface area contributed by atoms with Gasteiger partial charge in [-0.1, -0.05) is 40.2 Å². The molecule has 0 N–H and O–H groups in total. The van der Waals surface area contributed by atoms with Gasteiger partial charge in [-0.15, -0.1) is 0 Å². The fourth-order valence-corrected chi connectivity index (χ4v) is 2.18. The van der Waals surface area contributed by atoms with E-state index in [9.17, 15) is 0 Å². The standard InChI is InChI=1S/C10H11Br/c1-7-4-2-3-5-8(7)9-6-10(9)11/h2-5,9-10H,6H2,1H3.